The Balaban J connectivity index is 2.33. The molecule has 1 aromatic rings. The lowest BCUT2D eigenvalue weighted by Gasteiger charge is -2.26. The number of aryl methyl sites for hydroxylation is 1. The van der Waals surface area contributed by atoms with E-state index in [1.807, 2.05) is 12.1 Å². The molecule has 0 aliphatic carbocycles. The number of hydrogen-bond donors (Lipinski definition) is 0. The van der Waals surface area contributed by atoms with Crippen LogP contribution in [0.15, 0.2) is 18.2 Å². The second kappa shape index (κ2) is 5.72. The molecule has 3 heteroatoms. The molecule has 1 saturated heterocycles. The lowest BCUT2D eigenvalue weighted by atomic mass is 9.83. The summed E-state index contributed by atoms with van der Waals surface area (Å²) < 4.78 is 11.4. The molecule has 0 aromatic heterocycles. The minimum atomic E-state index is -0.0789. The third kappa shape index (κ3) is 2.75. The van der Waals surface area contributed by atoms with Crippen molar-refractivity contribution in [1.29, 1.82) is 0 Å². The van der Waals surface area contributed by atoms with E-state index in [0.29, 0.717) is 11.8 Å². The zero-order valence-electron chi connectivity index (χ0n) is 12.3. The average molecular weight is 283 g/mol. The van der Waals surface area contributed by atoms with Crippen molar-refractivity contribution >= 4 is 11.6 Å². The van der Waals surface area contributed by atoms with Crippen molar-refractivity contribution in [2.45, 2.75) is 45.3 Å². The molecule has 1 fully saturated rings. The van der Waals surface area contributed by atoms with Gasteiger partial charge in [0.2, 0.25) is 0 Å². The quantitative estimate of drug-likeness (QED) is 0.768. The third-order valence-corrected chi connectivity index (χ3v) is 4.87. The van der Waals surface area contributed by atoms with Crippen LogP contribution in [0.2, 0.25) is 0 Å². The molecule has 2 nitrogen and oxygen atoms in total. The van der Waals surface area contributed by atoms with Gasteiger partial charge in [-0.3, -0.25) is 0 Å². The largest absolute Gasteiger partial charge is 0.496 e. The van der Waals surface area contributed by atoms with Gasteiger partial charge in [-0.25, -0.2) is 0 Å². The van der Waals surface area contributed by atoms with Gasteiger partial charge in [-0.2, -0.15) is 0 Å². The molecule has 5 unspecified atom stereocenters. The Morgan fingerprint density at radius 3 is 2.42 bits per heavy atom. The summed E-state index contributed by atoms with van der Waals surface area (Å²) in [5.74, 6) is 1.62. The van der Waals surface area contributed by atoms with Gasteiger partial charge in [0.05, 0.1) is 24.7 Å². The smallest absolute Gasteiger partial charge is 0.123 e. The second-order valence-electron chi connectivity index (χ2n) is 5.63. The maximum Gasteiger partial charge on any atom is 0.123 e. The number of methoxy groups -OCH3 is 1. The van der Waals surface area contributed by atoms with E-state index in [2.05, 4.69) is 33.8 Å². The van der Waals surface area contributed by atoms with Crippen LogP contribution in [0.1, 0.15) is 37.3 Å². The van der Waals surface area contributed by atoms with E-state index in [9.17, 15) is 0 Å². The summed E-state index contributed by atoms with van der Waals surface area (Å²) in [7, 11) is 1.69. The zero-order valence-corrected chi connectivity index (χ0v) is 13.1. The van der Waals surface area contributed by atoms with Gasteiger partial charge in [0, 0.05) is 11.5 Å². The molecule has 0 amide bonds. The van der Waals surface area contributed by atoms with Crippen molar-refractivity contribution in [3.8, 4) is 5.75 Å². The van der Waals surface area contributed by atoms with Crippen molar-refractivity contribution in [3.63, 3.8) is 0 Å². The molecule has 1 heterocycles. The maximum atomic E-state index is 6.76. The van der Waals surface area contributed by atoms with Crippen molar-refractivity contribution in [1.82, 2.24) is 0 Å². The molecule has 106 valence electrons. The van der Waals surface area contributed by atoms with Crippen LogP contribution in [0.25, 0.3) is 0 Å². The molecule has 1 aromatic carbocycles. The van der Waals surface area contributed by atoms with Crippen LogP contribution in [0.4, 0.5) is 0 Å². The first-order valence-electron chi connectivity index (χ1n) is 6.89. The Kier molecular flexibility index (Phi) is 4.42. The fourth-order valence-electron chi connectivity index (χ4n) is 3.07. The molecular weight excluding hydrogens is 260 g/mol. The average Bonchev–Trinajstić information content (AvgIpc) is 2.62. The summed E-state index contributed by atoms with van der Waals surface area (Å²) in [6.45, 7) is 8.53. The van der Waals surface area contributed by atoms with Gasteiger partial charge in [0.15, 0.2) is 0 Å². The van der Waals surface area contributed by atoms with E-state index in [1.54, 1.807) is 7.11 Å². The summed E-state index contributed by atoms with van der Waals surface area (Å²) in [5.41, 5.74) is 2.28. The number of alkyl halides is 1. The maximum absolute atomic E-state index is 6.76. The number of halogens is 1. The molecule has 2 rings (SSSR count). The van der Waals surface area contributed by atoms with Crippen molar-refractivity contribution in [3.05, 3.63) is 29.3 Å². The Morgan fingerprint density at radius 1 is 1.21 bits per heavy atom. The monoisotopic (exact) mass is 282 g/mol. The van der Waals surface area contributed by atoms with E-state index in [0.717, 1.165) is 11.3 Å². The summed E-state index contributed by atoms with van der Waals surface area (Å²) in [4.78, 5) is 0. The summed E-state index contributed by atoms with van der Waals surface area (Å²) in [5, 5.41) is -0.0789. The van der Waals surface area contributed by atoms with Crippen LogP contribution >= 0.6 is 11.6 Å². The fraction of sp³-hybridized carbons (Fsp3) is 0.625. The van der Waals surface area contributed by atoms with Crippen LogP contribution in [0.3, 0.4) is 0 Å². The van der Waals surface area contributed by atoms with Gasteiger partial charge >= 0.3 is 0 Å². The van der Waals surface area contributed by atoms with Crippen LogP contribution in [-0.4, -0.2) is 19.3 Å². The normalized spacial score (nSPS) is 32.3. The van der Waals surface area contributed by atoms with Gasteiger partial charge in [0.25, 0.3) is 0 Å². The van der Waals surface area contributed by atoms with E-state index >= 15 is 0 Å². The first-order chi connectivity index (χ1) is 8.95. The first-order valence-corrected chi connectivity index (χ1v) is 7.33. The highest BCUT2D eigenvalue weighted by Crippen LogP contribution is 2.46. The molecule has 0 radical (unpaired) electrons. The van der Waals surface area contributed by atoms with Crippen molar-refractivity contribution in [2.75, 3.05) is 7.11 Å². The van der Waals surface area contributed by atoms with Gasteiger partial charge in [-0.15, -0.1) is 11.6 Å². The lowest BCUT2D eigenvalue weighted by Crippen LogP contribution is -2.22. The van der Waals surface area contributed by atoms with Crippen LogP contribution in [0.5, 0.6) is 5.75 Å². The standard InChI is InChI=1S/C16H23ClO2/c1-9-6-7-14(18-5)13(8-9)16(17)15-10(2)11(3)19-12(15)4/h6-8,10-12,15-16H,1-5H3. The number of ether oxygens (including phenoxy) is 2. The molecule has 0 saturated carbocycles. The van der Waals surface area contributed by atoms with E-state index in [1.165, 1.54) is 5.56 Å². The van der Waals surface area contributed by atoms with Crippen LogP contribution in [0, 0.1) is 18.8 Å². The predicted octanol–water partition coefficient (Wildman–Crippen LogP) is 4.34. The van der Waals surface area contributed by atoms with Gasteiger partial charge in [-0.05, 0) is 32.8 Å². The summed E-state index contributed by atoms with van der Waals surface area (Å²) in [6, 6.07) is 6.17. The number of hydrogen-bond acceptors (Lipinski definition) is 2. The summed E-state index contributed by atoms with van der Waals surface area (Å²) >= 11 is 6.76. The Bertz CT molecular complexity index is 446. The molecule has 0 bridgehead atoms. The molecular formula is C16H23ClO2. The van der Waals surface area contributed by atoms with E-state index < -0.39 is 0 Å². The first kappa shape index (κ1) is 14.7. The Morgan fingerprint density at radius 2 is 1.89 bits per heavy atom. The highest BCUT2D eigenvalue weighted by atomic mass is 35.5. The molecule has 5 atom stereocenters. The van der Waals surface area contributed by atoms with Crippen molar-refractivity contribution in [2.24, 2.45) is 11.8 Å². The molecule has 0 spiro atoms. The second-order valence-corrected chi connectivity index (χ2v) is 6.10. The molecule has 19 heavy (non-hydrogen) atoms. The van der Waals surface area contributed by atoms with Gasteiger partial charge < -0.3 is 9.47 Å². The molecule has 1 aliphatic heterocycles. The van der Waals surface area contributed by atoms with Crippen molar-refractivity contribution < 1.29 is 9.47 Å². The van der Waals surface area contributed by atoms with Crippen LogP contribution in [-0.2, 0) is 4.74 Å². The summed E-state index contributed by atoms with van der Waals surface area (Å²) in [6.07, 6.45) is 0.440. The van der Waals surface area contributed by atoms with E-state index in [-0.39, 0.29) is 17.6 Å². The molecule has 1 aliphatic rings. The Labute approximate surface area is 121 Å². The SMILES string of the molecule is COc1ccc(C)cc1C(Cl)C1C(C)OC(C)C1C. The fourth-order valence-corrected chi connectivity index (χ4v) is 3.68. The Hall–Kier alpha value is -0.730. The molecule has 0 N–H and O–H groups in total. The van der Waals surface area contributed by atoms with Gasteiger partial charge in [0.1, 0.15) is 5.75 Å². The predicted molar refractivity (Wildman–Crippen MR) is 79.0 cm³/mol. The number of rotatable bonds is 3. The zero-order chi connectivity index (χ0) is 14.2. The number of benzene rings is 1. The third-order valence-electron chi connectivity index (χ3n) is 4.34. The lowest BCUT2D eigenvalue weighted by molar-refractivity contribution is 0.0507. The topological polar surface area (TPSA) is 18.5 Å². The van der Waals surface area contributed by atoms with E-state index in [4.69, 9.17) is 21.1 Å². The minimum Gasteiger partial charge on any atom is -0.496 e. The highest BCUT2D eigenvalue weighted by molar-refractivity contribution is 6.21. The highest BCUT2D eigenvalue weighted by Gasteiger charge is 2.42. The van der Waals surface area contributed by atoms with Gasteiger partial charge in [-0.1, -0.05) is 24.6 Å². The van der Waals surface area contributed by atoms with Crippen LogP contribution < -0.4 is 4.74 Å². The minimum absolute atomic E-state index is 0.0789.